The first kappa shape index (κ1) is 9.54. The minimum Gasteiger partial charge on any atom is -0.268 e. The first-order valence-electron chi connectivity index (χ1n) is 1.79. The molecule has 0 aliphatic heterocycles. The maximum atomic E-state index is 10.4. The molecule has 0 aromatic rings. The number of hydrogen-bond acceptors (Lipinski definition) is 5. The fraction of sp³-hybridized carbons (Fsp3) is 0.500. The standard InChI is InChI=1S/C2H5NO2S4/c1-9(4,5)3-2(6)8-7/h7H,1H3,(H,3,6). The van der Waals surface area contributed by atoms with E-state index in [1.54, 1.807) is 0 Å². The van der Waals surface area contributed by atoms with Gasteiger partial charge in [-0.3, -0.25) is 4.72 Å². The predicted molar refractivity (Wildman–Crippen MR) is 47.2 cm³/mol. The monoisotopic (exact) mass is 203 g/mol. The molecule has 0 saturated carbocycles. The van der Waals surface area contributed by atoms with Crippen LogP contribution in [-0.4, -0.2) is 19.0 Å². The summed E-state index contributed by atoms with van der Waals surface area (Å²) in [5, 5.41) is 0. The summed E-state index contributed by atoms with van der Waals surface area (Å²) in [6.07, 6.45) is 1.03. The SMILES string of the molecule is CS(=O)(=O)NC(=S)SS. The van der Waals surface area contributed by atoms with Crippen LogP contribution in [0.1, 0.15) is 0 Å². The van der Waals surface area contributed by atoms with Crippen LogP contribution in [0.2, 0.25) is 0 Å². The van der Waals surface area contributed by atoms with Crippen LogP contribution in [0.3, 0.4) is 0 Å². The second kappa shape index (κ2) is 3.65. The summed E-state index contributed by atoms with van der Waals surface area (Å²) in [4.78, 5) is 0. The van der Waals surface area contributed by atoms with Crippen molar-refractivity contribution in [3.8, 4) is 0 Å². The third-order valence-corrected chi connectivity index (χ3v) is 2.72. The number of nitrogens with one attached hydrogen (secondary N) is 1. The van der Waals surface area contributed by atoms with Crippen LogP contribution in [0.5, 0.6) is 0 Å². The molecule has 0 amide bonds. The van der Waals surface area contributed by atoms with E-state index in [1.165, 1.54) is 0 Å². The Morgan fingerprint density at radius 3 is 2.33 bits per heavy atom. The molecular weight excluding hydrogens is 198 g/mol. The quantitative estimate of drug-likeness (QED) is 0.368. The molecule has 1 N–H and O–H groups in total. The first-order valence-corrected chi connectivity index (χ1v) is 5.96. The van der Waals surface area contributed by atoms with Gasteiger partial charge in [0.15, 0.2) is 4.32 Å². The van der Waals surface area contributed by atoms with Gasteiger partial charge in [0, 0.05) is 0 Å². The molecule has 0 fully saturated rings. The maximum Gasteiger partial charge on any atom is 0.230 e. The normalized spacial score (nSPS) is 10.9. The number of hydrogen-bond donors (Lipinski definition) is 2. The molecular formula is C2H5NO2S4. The van der Waals surface area contributed by atoms with Gasteiger partial charge in [-0.2, -0.15) is 0 Å². The summed E-state index contributed by atoms with van der Waals surface area (Å²) in [7, 11) is -2.31. The van der Waals surface area contributed by atoms with Gasteiger partial charge in [-0.25, -0.2) is 8.42 Å². The van der Waals surface area contributed by atoms with Crippen LogP contribution in [0.15, 0.2) is 0 Å². The van der Waals surface area contributed by atoms with Crippen LogP contribution in [0, 0.1) is 0 Å². The van der Waals surface area contributed by atoms with Crippen molar-refractivity contribution in [3.05, 3.63) is 0 Å². The lowest BCUT2D eigenvalue weighted by molar-refractivity contribution is 0.599. The van der Waals surface area contributed by atoms with Gasteiger partial charge in [-0.05, 0) is 10.8 Å². The van der Waals surface area contributed by atoms with Crippen molar-refractivity contribution >= 4 is 49.0 Å². The molecule has 3 nitrogen and oxygen atoms in total. The Kier molecular flexibility index (Phi) is 3.86. The van der Waals surface area contributed by atoms with Crippen molar-refractivity contribution in [2.45, 2.75) is 0 Å². The smallest absolute Gasteiger partial charge is 0.230 e. The molecule has 7 heteroatoms. The van der Waals surface area contributed by atoms with E-state index in [1.807, 2.05) is 0 Å². The minimum atomic E-state index is -3.20. The molecule has 0 heterocycles. The Hall–Kier alpha value is 0.540. The highest BCUT2D eigenvalue weighted by atomic mass is 33.1. The highest BCUT2D eigenvalue weighted by Gasteiger charge is 2.01. The Labute approximate surface area is 68.5 Å². The number of thiocarbonyl (C=S) groups is 1. The summed E-state index contributed by atoms with van der Waals surface area (Å²) in [6.45, 7) is 0. The zero-order valence-electron chi connectivity index (χ0n) is 4.49. The van der Waals surface area contributed by atoms with Crippen LogP contribution in [0.4, 0.5) is 0 Å². The highest BCUT2D eigenvalue weighted by Crippen LogP contribution is 2.05. The third-order valence-electron chi connectivity index (χ3n) is 0.352. The number of thiol groups is 1. The van der Waals surface area contributed by atoms with Gasteiger partial charge in [-0.1, -0.05) is 12.2 Å². The molecule has 0 bridgehead atoms. The van der Waals surface area contributed by atoms with Crippen LogP contribution < -0.4 is 4.72 Å². The van der Waals surface area contributed by atoms with Crippen molar-refractivity contribution in [1.82, 2.24) is 4.72 Å². The summed E-state index contributed by atoms with van der Waals surface area (Å²) < 4.78 is 22.9. The lowest BCUT2D eigenvalue weighted by Gasteiger charge is -1.98. The van der Waals surface area contributed by atoms with Crippen LogP contribution >= 0.6 is 34.7 Å². The topological polar surface area (TPSA) is 46.2 Å². The van der Waals surface area contributed by atoms with Crippen molar-refractivity contribution in [1.29, 1.82) is 0 Å². The molecule has 0 aliphatic carbocycles. The molecule has 0 atom stereocenters. The summed E-state index contributed by atoms with van der Waals surface area (Å²) in [5.74, 6) is 0. The zero-order chi connectivity index (χ0) is 7.49. The van der Waals surface area contributed by atoms with E-state index in [4.69, 9.17) is 0 Å². The largest absolute Gasteiger partial charge is 0.268 e. The van der Waals surface area contributed by atoms with Gasteiger partial charge in [-0.15, -0.1) is 11.7 Å². The average Bonchev–Trinajstić information content (AvgIpc) is 1.62. The molecule has 54 valence electrons. The second-order valence-electron chi connectivity index (χ2n) is 1.25. The van der Waals surface area contributed by atoms with E-state index in [0.717, 1.165) is 17.0 Å². The lowest BCUT2D eigenvalue weighted by Crippen LogP contribution is -2.24. The van der Waals surface area contributed by atoms with Crippen LogP contribution in [-0.2, 0) is 10.0 Å². The Bertz CT molecular complexity index is 195. The Morgan fingerprint density at radius 1 is 1.78 bits per heavy atom. The predicted octanol–water partition coefficient (Wildman–Crippen LogP) is 0.398. The molecule has 9 heavy (non-hydrogen) atoms. The molecule has 0 spiro atoms. The minimum absolute atomic E-state index is 0.140. The maximum absolute atomic E-state index is 10.4. The van der Waals surface area contributed by atoms with Gasteiger partial charge >= 0.3 is 0 Å². The second-order valence-corrected chi connectivity index (χ2v) is 4.81. The summed E-state index contributed by atoms with van der Waals surface area (Å²) in [5.41, 5.74) is 0. The van der Waals surface area contributed by atoms with Crippen molar-refractivity contribution in [3.63, 3.8) is 0 Å². The molecule has 0 unspecified atom stereocenters. The fourth-order valence-electron chi connectivity index (χ4n) is 0.170. The lowest BCUT2D eigenvalue weighted by atomic mass is 11.5. The van der Waals surface area contributed by atoms with Gasteiger partial charge < -0.3 is 0 Å². The first-order chi connectivity index (χ1) is 3.95. The van der Waals surface area contributed by atoms with Crippen molar-refractivity contribution in [2.24, 2.45) is 0 Å². The van der Waals surface area contributed by atoms with E-state index in [-0.39, 0.29) is 4.32 Å². The molecule has 0 aromatic heterocycles. The molecule has 0 radical (unpaired) electrons. The van der Waals surface area contributed by atoms with Gasteiger partial charge in [0.05, 0.1) is 6.26 Å². The average molecular weight is 203 g/mol. The Balaban J connectivity index is 3.91. The summed E-state index contributed by atoms with van der Waals surface area (Å²) in [6, 6.07) is 0. The van der Waals surface area contributed by atoms with E-state index in [2.05, 4.69) is 28.6 Å². The van der Waals surface area contributed by atoms with E-state index in [0.29, 0.717) is 0 Å². The molecule has 0 aliphatic rings. The molecule has 0 aromatic carbocycles. The van der Waals surface area contributed by atoms with Crippen molar-refractivity contribution in [2.75, 3.05) is 6.26 Å². The van der Waals surface area contributed by atoms with Gasteiger partial charge in [0.1, 0.15) is 0 Å². The molecule has 0 saturated heterocycles. The Morgan fingerprint density at radius 2 is 2.22 bits per heavy atom. The van der Waals surface area contributed by atoms with Gasteiger partial charge in [0.2, 0.25) is 10.0 Å². The van der Waals surface area contributed by atoms with Crippen LogP contribution in [0.25, 0.3) is 0 Å². The van der Waals surface area contributed by atoms with E-state index >= 15 is 0 Å². The van der Waals surface area contributed by atoms with Crippen molar-refractivity contribution < 1.29 is 8.42 Å². The highest BCUT2D eigenvalue weighted by molar-refractivity contribution is 8.76. The van der Waals surface area contributed by atoms with Gasteiger partial charge in [0.25, 0.3) is 0 Å². The zero-order valence-corrected chi connectivity index (χ0v) is 7.83. The molecule has 0 rings (SSSR count). The van der Waals surface area contributed by atoms with E-state index in [9.17, 15) is 8.42 Å². The number of rotatable bonds is 1. The number of sulfonamides is 1. The van der Waals surface area contributed by atoms with E-state index < -0.39 is 10.0 Å². The third kappa shape index (κ3) is 6.42. The fourth-order valence-corrected chi connectivity index (χ4v) is 1.87. The summed E-state index contributed by atoms with van der Waals surface area (Å²) >= 11 is 8.18.